The number of rotatable bonds is 6. The van der Waals surface area contributed by atoms with Crippen molar-refractivity contribution in [3.8, 4) is 11.5 Å². The minimum atomic E-state index is -0.419. The van der Waals surface area contributed by atoms with Crippen LogP contribution in [0.4, 0.5) is 0 Å². The highest BCUT2D eigenvalue weighted by atomic mass is 16.3. The van der Waals surface area contributed by atoms with Crippen LogP contribution in [-0.4, -0.2) is 34.4 Å². The van der Waals surface area contributed by atoms with Crippen molar-refractivity contribution >= 4 is 5.91 Å². The molecule has 0 spiro atoms. The van der Waals surface area contributed by atoms with Crippen molar-refractivity contribution in [3.05, 3.63) is 23.8 Å². The van der Waals surface area contributed by atoms with Gasteiger partial charge in [-0.25, -0.2) is 0 Å². The summed E-state index contributed by atoms with van der Waals surface area (Å²) < 4.78 is 0. The van der Waals surface area contributed by atoms with E-state index in [1.54, 1.807) is 0 Å². The highest BCUT2D eigenvalue weighted by molar-refractivity contribution is 5.97. The Hall–Kier alpha value is -1.75. The number of carbonyl (C=O) groups excluding carboxylic acids is 1. The molecule has 0 aliphatic rings. The summed E-state index contributed by atoms with van der Waals surface area (Å²) in [5.41, 5.74) is -0.223. The van der Waals surface area contributed by atoms with Crippen LogP contribution in [0, 0.1) is 5.41 Å². The summed E-state index contributed by atoms with van der Waals surface area (Å²) in [4.78, 5) is 11.9. The fourth-order valence-corrected chi connectivity index (χ4v) is 1.85. The molecule has 0 saturated heterocycles. The van der Waals surface area contributed by atoms with Gasteiger partial charge < -0.3 is 20.6 Å². The summed E-state index contributed by atoms with van der Waals surface area (Å²) in [6.45, 7) is 4.27. The standard InChI is InChI=1S/C14H21NO4/c1-3-14(4-2,9-16)8-15-13(19)11-6-5-10(17)7-12(11)18/h5-7,16-18H,3-4,8-9H2,1-2H3,(H,15,19). The second kappa shape index (κ2) is 6.43. The van der Waals surface area contributed by atoms with Crippen LogP contribution in [0.3, 0.4) is 0 Å². The maximum atomic E-state index is 11.9. The topological polar surface area (TPSA) is 89.8 Å². The van der Waals surface area contributed by atoms with E-state index in [-0.39, 0.29) is 29.1 Å². The van der Waals surface area contributed by atoms with Crippen LogP contribution >= 0.6 is 0 Å². The van der Waals surface area contributed by atoms with Crippen LogP contribution in [0.25, 0.3) is 0 Å². The molecule has 0 aliphatic carbocycles. The number of hydrogen-bond acceptors (Lipinski definition) is 4. The maximum absolute atomic E-state index is 11.9. The van der Waals surface area contributed by atoms with Gasteiger partial charge in [0.05, 0.1) is 12.2 Å². The molecular formula is C14H21NO4. The summed E-state index contributed by atoms with van der Waals surface area (Å²) in [5.74, 6) is -0.779. The Morgan fingerprint density at radius 3 is 2.37 bits per heavy atom. The molecule has 0 radical (unpaired) electrons. The van der Waals surface area contributed by atoms with E-state index in [0.717, 1.165) is 18.9 Å². The lowest BCUT2D eigenvalue weighted by atomic mass is 9.83. The molecule has 0 aliphatic heterocycles. The predicted octanol–water partition coefficient (Wildman–Crippen LogP) is 1.63. The molecule has 0 bridgehead atoms. The van der Waals surface area contributed by atoms with E-state index < -0.39 is 5.91 Å². The molecule has 0 unspecified atom stereocenters. The number of hydrogen-bond donors (Lipinski definition) is 4. The van der Waals surface area contributed by atoms with Crippen molar-refractivity contribution in [2.75, 3.05) is 13.2 Å². The van der Waals surface area contributed by atoms with E-state index in [2.05, 4.69) is 5.32 Å². The Labute approximate surface area is 112 Å². The van der Waals surface area contributed by atoms with Crippen molar-refractivity contribution in [1.82, 2.24) is 5.32 Å². The van der Waals surface area contributed by atoms with Crippen LogP contribution in [0.5, 0.6) is 11.5 Å². The number of phenols is 2. The first-order valence-electron chi connectivity index (χ1n) is 6.39. The molecule has 1 aromatic rings. The number of nitrogens with one attached hydrogen (secondary N) is 1. The van der Waals surface area contributed by atoms with Gasteiger partial charge in [0, 0.05) is 18.0 Å². The van der Waals surface area contributed by atoms with Crippen molar-refractivity contribution < 1.29 is 20.1 Å². The van der Waals surface area contributed by atoms with Crippen molar-refractivity contribution in [1.29, 1.82) is 0 Å². The highest BCUT2D eigenvalue weighted by Gasteiger charge is 2.26. The Kier molecular flexibility index (Phi) is 5.18. The van der Waals surface area contributed by atoms with Gasteiger partial charge in [0.2, 0.25) is 0 Å². The zero-order chi connectivity index (χ0) is 14.5. The van der Waals surface area contributed by atoms with Gasteiger partial charge in [0.15, 0.2) is 0 Å². The lowest BCUT2D eigenvalue weighted by molar-refractivity contribution is 0.0849. The van der Waals surface area contributed by atoms with Gasteiger partial charge in [-0.3, -0.25) is 4.79 Å². The quantitative estimate of drug-likeness (QED) is 0.630. The first-order chi connectivity index (χ1) is 8.98. The molecule has 0 heterocycles. The van der Waals surface area contributed by atoms with Crippen LogP contribution < -0.4 is 5.32 Å². The Morgan fingerprint density at radius 2 is 1.89 bits per heavy atom. The van der Waals surface area contributed by atoms with E-state index in [1.807, 2.05) is 13.8 Å². The van der Waals surface area contributed by atoms with Crippen molar-refractivity contribution in [2.24, 2.45) is 5.41 Å². The molecule has 1 amide bonds. The third-order valence-corrected chi connectivity index (χ3v) is 3.69. The fourth-order valence-electron chi connectivity index (χ4n) is 1.85. The van der Waals surface area contributed by atoms with Crippen LogP contribution in [0.2, 0.25) is 0 Å². The zero-order valence-corrected chi connectivity index (χ0v) is 11.3. The van der Waals surface area contributed by atoms with E-state index in [9.17, 15) is 15.0 Å². The lowest BCUT2D eigenvalue weighted by Gasteiger charge is -2.29. The molecule has 0 atom stereocenters. The van der Waals surface area contributed by atoms with Gasteiger partial charge in [0.1, 0.15) is 11.5 Å². The summed E-state index contributed by atoms with van der Waals surface area (Å²) in [5, 5.41) is 30.9. The molecule has 106 valence electrons. The molecule has 1 aromatic carbocycles. The van der Waals surface area contributed by atoms with Gasteiger partial charge in [-0.05, 0) is 25.0 Å². The van der Waals surface area contributed by atoms with Crippen LogP contribution in [0.15, 0.2) is 18.2 Å². The minimum Gasteiger partial charge on any atom is -0.508 e. The molecular weight excluding hydrogens is 246 g/mol. The third-order valence-electron chi connectivity index (χ3n) is 3.69. The van der Waals surface area contributed by atoms with Gasteiger partial charge in [-0.15, -0.1) is 0 Å². The van der Waals surface area contributed by atoms with E-state index in [4.69, 9.17) is 5.11 Å². The maximum Gasteiger partial charge on any atom is 0.255 e. The first-order valence-corrected chi connectivity index (χ1v) is 6.39. The van der Waals surface area contributed by atoms with Gasteiger partial charge in [0.25, 0.3) is 5.91 Å². The third kappa shape index (κ3) is 3.61. The number of aliphatic hydroxyl groups excluding tert-OH is 1. The number of aliphatic hydroxyl groups is 1. The second-order valence-corrected chi connectivity index (χ2v) is 4.75. The Balaban J connectivity index is 2.75. The Morgan fingerprint density at radius 1 is 1.26 bits per heavy atom. The predicted molar refractivity (Wildman–Crippen MR) is 72.2 cm³/mol. The SMILES string of the molecule is CCC(CC)(CO)CNC(=O)c1ccc(O)cc1O. The number of carbonyl (C=O) groups is 1. The zero-order valence-electron chi connectivity index (χ0n) is 11.3. The number of aromatic hydroxyl groups is 2. The molecule has 1 rings (SSSR count). The largest absolute Gasteiger partial charge is 0.508 e. The highest BCUT2D eigenvalue weighted by Crippen LogP contribution is 2.26. The summed E-state index contributed by atoms with van der Waals surface area (Å²) in [6, 6.07) is 3.82. The van der Waals surface area contributed by atoms with Crippen molar-refractivity contribution in [2.45, 2.75) is 26.7 Å². The average Bonchev–Trinajstić information content (AvgIpc) is 2.40. The summed E-state index contributed by atoms with van der Waals surface area (Å²) in [7, 11) is 0. The van der Waals surface area contributed by atoms with Gasteiger partial charge in [-0.1, -0.05) is 13.8 Å². The fraction of sp³-hybridized carbons (Fsp3) is 0.500. The minimum absolute atomic E-state index is 0.00183. The van der Waals surface area contributed by atoms with E-state index >= 15 is 0 Å². The lowest BCUT2D eigenvalue weighted by Crippen LogP contribution is -2.39. The molecule has 4 N–H and O–H groups in total. The number of amides is 1. The summed E-state index contributed by atoms with van der Waals surface area (Å²) >= 11 is 0. The summed E-state index contributed by atoms with van der Waals surface area (Å²) in [6.07, 6.45) is 1.50. The Bertz CT molecular complexity index is 433. The van der Waals surface area contributed by atoms with Crippen LogP contribution in [0.1, 0.15) is 37.0 Å². The number of phenolic OH excluding ortho intramolecular Hbond substituents is 2. The second-order valence-electron chi connectivity index (χ2n) is 4.75. The van der Waals surface area contributed by atoms with E-state index in [0.29, 0.717) is 6.54 Å². The normalized spacial score (nSPS) is 11.3. The smallest absolute Gasteiger partial charge is 0.255 e. The first kappa shape index (κ1) is 15.3. The molecule has 5 heteroatoms. The monoisotopic (exact) mass is 267 g/mol. The molecule has 0 saturated carbocycles. The molecule has 19 heavy (non-hydrogen) atoms. The molecule has 0 aromatic heterocycles. The van der Waals surface area contributed by atoms with Gasteiger partial charge in [-0.2, -0.15) is 0 Å². The number of benzene rings is 1. The molecule has 0 fully saturated rings. The van der Waals surface area contributed by atoms with Crippen molar-refractivity contribution in [3.63, 3.8) is 0 Å². The molecule has 5 nitrogen and oxygen atoms in total. The average molecular weight is 267 g/mol. The van der Waals surface area contributed by atoms with E-state index in [1.165, 1.54) is 12.1 Å². The van der Waals surface area contributed by atoms with Gasteiger partial charge >= 0.3 is 0 Å². The van der Waals surface area contributed by atoms with Crippen LogP contribution in [-0.2, 0) is 0 Å².